The van der Waals surface area contributed by atoms with Crippen molar-refractivity contribution in [2.75, 3.05) is 36.5 Å². The van der Waals surface area contributed by atoms with Gasteiger partial charge in [-0.2, -0.15) is 5.10 Å². The summed E-state index contributed by atoms with van der Waals surface area (Å²) in [5, 5.41) is 9.06. The molecule has 36 heavy (non-hydrogen) atoms. The van der Waals surface area contributed by atoms with Crippen molar-refractivity contribution in [2.45, 2.75) is 45.1 Å². The maximum Gasteiger partial charge on any atom is 0.230 e. The number of hydrogen-bond donors (Lipinski definition) is 1. The molecule has 4 aromatic rings. The molecule has 0 unspecified atom stereocenters. The maximum absolute atomic E-state index is 13.1. The fraction of sp³-hybridized carbons (Fsp3) is 0.407. The number of fused-ring (bicyclic) bond motifs is 1. The van der Waals surface area contributed by atoms with E-state index in [0.29, 0.717) is 30.8 Å². The summed E-state index contributed by atoms with van der Waals surface area (Å²) in [4.78, 5) is 24.1. The average molecular weight is 487 g/mol. The highest BCUT2D eigenvalue weighted by atomic mass is 16.5. The van der Waals surface area contributed by atoms with Gasteiger partial charge < -0.3 is 19.4 Å². The van der Waals surface area contributed by atoms with Crippen molar-refractivity contribution in [1.29, 1.82) is 0 Å². The highest BCUT2D eigenvalue weighted by Crippen LogP contribution is 2.35. The van der Waals surface area contributed by atoms with Crippen LogP contribution in [0.1, 0.15) is 43.1 Å². The van der Waals surface area contributed by atoms with Gasteiger partial charge in [-0.25, -0.2) is 4.98 Å². The Hall–Kier alpha value is -3.72. The van der Waals surface area contributed by atoms with Crippen LogP contribution in [-0.2, 0) is 16.0 Å². The lowest BCUT2D eigenvalue weighted by atomic mass is 10.1. The smallest absolute Gasteiger partial charge is 0.230 e. The number of carbonyl (C=O) groups excluding carboxylic acids is 1. The first kappa shape index (κ1) is 22.7. The maximum atomic E-state index is 13.1. The molecule has 0 bridgehead atoms. The number of nitrogens with one attached hydrogen (secondary N) is 1. The van der Waals surface area contributed by atoms with Crippen LogP contribution < -0.4 is 10.2 Å². The highest BCUT2D eigenvalue weighted by molar-refractivity contribution is 5.99. The number of oxazole rings is 1. The fourth-order valence-corrected chi connectivity index (χ4v) is 5.16. The van der Waals surface area contributed by atoms with Crippen molar-refractivity contribution in [3.63, 3.8) is 0 Å². The third kappa shape index (κ3) is 4.70. The predicted molar refractivity (Wildman–Crippen MR) is 137 cm³/mol. The number of benzene rings is 1. The third-order valence-electron chi connectivity index (χ3n) is 7.00. The molecule has 1 N–H and O–H groups in total. The molecule has 1 amide bonds. The van der Waals surface area contributed by atoms with E-state index in [1.165, 1.54) is 25.7 Å². The zero-order valence-corrected chi connectivity index (χ0v) is 20.4. The number of nitrogens with zero attached hydrogens (tertiary/aromatic N) is 5. The Labute approximate surface area is 209 Å². The monoisotopic (exact) mass is 486 g/mol. The van der Waals surface area contributed by atoms with Gasteiger partial charge in [0.1, 0.15) is 6.26 Å². The highest BCUT2D eigenvalue weighted by Gasteiger charge is 2.22. The molecule has 1 aliphatic carbocycles. The predicted octanol–water partition coefficient (Wildman–Crippen LogP) is 4.53. The molecule has 1 aliphatic heterocycles. The van der Waals surface area contributed by atoms with Crippen molar-refractivity contribution < 1.29 is 13.9 Å². The molecule has 9 nitrogen and oxygen atoms in total. The number of pyridine rings is 1. The number of aryl methyl sites for hydroxylation is 1. The van der Waals surface area contributed by atoms with Gasteiger partial charge in [0.25, 0.3) is 0 Å². The van der Waals surface area contributed by atoms with Crippen LogP contribution in [0.15, 0.2) is 47.3 Å². The summed E-state index contributed by atoms with van der Waals surface area (Å²) in [6.07, 6.45) is 10.4. The Balaban J connectivity index is 1.25. The first-order valence-corrected chi connectivity index (χ1v) is 12.7. The SMILES string of the molecule is Cc1cc(-c2nc(CC(=O)Nc3cc4cn(C5CCCC5)nc4cc3N3CCOCC3)co2)ccn1. The largest absolute Gasteiger partial charge is 0.444 e. The molecule has 0 spiro atoms. The summed E-state index contributed by atoms with van der Waals surface area (Å²) in [6.45, 7) is 4.79. The number of aromatic nitrogens is 4. The summed E-state index contributed by atoms with van der Waals surface area (Å²) in [5.41, 5.74) is 5.02. The standard InChI is InChI=1S/C27H30N6O3/c1-18-12-19(6-7-28-18)27-29-21(17-36-27)14-26(34)30-24-13-20-16-33(22-4-2-3-5-22)31-23(20)15-25(24)32-8-10-35-11-9-32/h6-7,12-13,15-17,22H,2-5,8-11,14H2,1H3,(H,30,34). The molecule has 2 aliphatic rings. The van der Waals surface area contributed by atoms with Crippen LogP contribution in [-0.4, -0.2) is 52.0 Å². The first-order chi connectivity index (χ1) is 17.6. The van der Waals surface area contributed by atoms with Crippen LogP contribution in [0, 0.1) is 6.92 Å². The number of rotatable bonds is 6. The Morgan fingerprint density at radius 2 is 2.00 bits per heavy atom. The number of morpholine rings is 1. The molecule has 186 valence electrons. The number of carbonyl (C=O) groups is 1. The Kier molecular flexibility index (Phi) is 6.14. The van der Waals surface area contributed by atoms with Gasteiger partial charge in [-0.05, 0) is 44.0 Å². The number of hydrogen-bond acceptors (Lipinski definition) is 7. The quantitative estimate of drug-likeness (QED) is 0.428. The summed E-state index contributed by atoms with van der Waals surface area (Å²) in [7, 11) is 0. The van der Waals surface area contributed by atoms with Crippen LogP contribution in [0.4, 0.5) is 11.4 Å². The summed E-state index contributed by atoms with van der Waals surface area (Å²) >= 11 is 0. The molecular formula is C27H30N6O3. The second kappa shape index (κ2) is 9.73. The van der Waals surface area contributed by atoms with E-state index in [-0.39, 0.29) is 12.3 Å². The third-order valence-corrected chi connectivity index (χ3v) is 7.00. The van der Waals surface area contributed by atoms with Gasteiger partial charge in [0.2, 0.25) is 11.8 Å². The van der Waals surface area contributed by atoms with Crippen LogP contribution >= 0.6 is 0 Å². The Morgan fingerprint density at radius 1 is 1.17 bits per heavy atom. The zero-order chi connectivity index (χ0) is 24.5. The van der Waals surface area contributed by atoms with Crippen molar-refractivity contribution in [3.8, 4) is 11.5 Å². The van der Waals surface area contributed by atoms with Gasteiger partial charge in [0.05, 0.1) is 48.3 Å². The molecule has 6 rings (SSSR count). The minimum atomic E-state index is -0.141. The second-order valence-corrected chi connectivity index (χ2v) is 9.63. The molecule has 0 atom stereocenters. The van der Waals surface area contributed by atoms with Crippen molar-refractivity contribution in [2.24, 2.45) is 0 Å². The van der Waals surface area contributed by atoms with Gasteiger partial charge in [0.15, 0.2) is 0 Å². The number of ether oxygens (including phenoxy) is 1. The summed E-state index contributed by atoms with van der Waals surface area (Å²) < 4.78 is 13.3. The molecular weight excluding hydrogens is 456 g/mol. The molecule has 1 saturated heterocycles. The minimum Gasteiger partial charge on any atom is -0.444 e. The van der Waals surface area contributed by atoms with Gasteiger partial charge >= 0.3 is 0 Å². The van der Waals surface area contributed by atoms with E-state index in [2.05, 4.69) is 37.1 Å². The van der Waals surface area contributed by atoms with E-state index in [1.54, 1.807) is 12.5 Å². The van der Waals surface area contributed by atoms with Crippen molar-refractivity contribution in [3.05, 3.63) is 54.3 Å². The zero-order valence-electron chi connectivity index (χ0n) is 20.4. The molecule has 1 aromatic carbocycles. The topological polar surface area (TPSA) is 98.3 Å². The minimum absolute atomic E-state index is 0.121. The lowest BCUT2D eigenvalue weighted by molar-refractivity contribution is -0.115. The van der Waals surface area contributed by atoms with E-state index < -0.39 is 0 Å². The molecule has 9 heteroatoms. The lowest BCUT2D eigenvalue weighted by Crippen LogP contribution is -2.36. The van der Waals surface area contributed by atoms with Crippen molar-refractivity contribution >= 4 is 28.2 Å². The Morgan fingerprint density at radius 3 is 2.81 bits per heavy atom. The fourth-order valence-electron chi connectivity index (χ4n) is 5.16. The lowest BCUT2D eigenvalue weighted by Gasteiger charge is -2.30. The van der Waals surface area contributed by atoms with E-state index in [0.717, 1.165) is 46.6 Å². The summed E-state index contributed by atoms with van der Waals surface area (Å²) in [5.74, 6) is 0.343. The molecule has 4 heterocycles. The van der Waals surface area contributed by atoms with Crippen LogP contribution in [0.2, 0.25) is 0 Å². The molecule has 3 aromatic heterocycles. The van der Waals surface area contributed by atoms with E-state index in [4.69, 9.17) is 14.3 Å². The van der Waals surface area contributed by atoms with Crippen LogP contribution in [0.25, 0.3) is 22.4 Å². The van der Waals surface area contributed by atoms with Gasteiger partial charge in [0, 0.05) is 42.1 Å². The van der Waals surface area contributed by atoms with Crippen molar-refractivity contribution in [1.82, 2.24) is 19.7 Å². The van der Waals surface area contributed by atoms with Gasteiger partial charge in [-0.3, -0.25) is 14.5 Å². The van der Waals surface area contributed by atoms with E-state index in [9.17, 15) is 4.79 Å². The van der Waals surface area contributed by atoms with Gasteiger partial charge in [-0.1, -0.05) is 12.8 Å². The average Bonchev–Trinajstić information content (AvgIpc) is 3.65. The molecule has 0 radical (unpaired) electrons. The summed E-state index contributed by atoms with van der Waals surface area (Å²) in [6, 6.07) is 8.36. The first-order valence-electron chi connectivity index (χ1n) is 12.7. The number of anilines is 2. The van der Waals surface area contributed by atoms with E-state index >= 15 is 0 Å². The Bertz CT molecular complexity index is 1380. The van der Waals surface area contributed by atoms with E-state index in [1.807, 2.05) is 25.1 Å². The van der Waals surface area contributed by atoms with Crippen LogP contribution in [0.5, 0.6) is 0 Å². The van der Waals surface area contributed by atoms with Crippen LogP contribution in [0.3, 0.4) is 0 Å². The normalized spacial score (nSPS) is 16.6. The molecule has 1 saturated carbocycles. The second-order valence-electron chi connectivity index (χ2n) is 9.63. The molecule has 2 fully saturated rings. The van der Waals surface area contributed by atoms with Gasteiger partial charge in [-0.15, -0.1) is 0 Å². The number of amides is 1.